The number of hydrogen-bond donors (Lipinski definition) is 7. The van der Waals surface area contributed by atoms with Crippen LogP contribution in [0.5, 0.6) is 5.75 Å². The molecule has 1 heterocycles. The Kier molecular flexibility index (Phi) is 33.5. The highest BCUT2D eigenvalue weighted by molar-refractivity contribution is 8.00. The summed E-state index contributed by atoms with van der Waals surface area (Å²) in [6, 6.07) is 4.42. The van der Waals surface area contributed by atoms with E-state index in [1.807, 2.05) is 41.5 Å². The highest BCUT2D eigenvalue weighted by Crippen LogP contribution is 2.31. The van der Waals surface area contributed by atoms with Gasteiger partial charge in [0.15, 0.2) is 6.10 Å². The second-order valence-electron chi connectivity index (χ2n) is 8.62. The van der Waals surface area contributed by atoms with Gasteiger partial charge in [-0.1, -0.05) is 72.6 Å². The Balaban J connectivity index is -0.00000224. The van der Waals surface area contributed by atoms with Crippen molar-refractivity contribution in [3.8, 4) is 5.75 Å². The Bertz CT molecular complexity index is 986. The van der Waals surface area contributed by atoms with E-state index in [-0.39, 0.29) is 49.8 Å². The Morgan fingerprint density at radius 3 is 2.26 bits per heavy atom. The normalized spacial score (nSPS) is 17.5. The Morgan fingerprint density at radius 1 is 1.00 bits per heavy atom. The van der Waals surface area contributed by atoms with Gasteiger partial charge in [-0.2, -0.15) is 0 Å². The number of ether oxygens (including phenoxy) is 3. The van der Waals surface area contributed by atoms with Gasteiger partial charge in [0, 0.05) is 39.5 Å². The lowest BCUT2D eigenvalue weighted by Gasteiger charge is -2.35. The number of carboxylic acids is 1. The Labute approximate surface area is 283 Å². The molecule has 0 bridgehead atoms. The first-order valence-electron chi connectivity index (χ1n) is 15.8. The van der Waals surface area contributed by atoms with Crippen LogP contribution in [-0.4, -0.2) is 89.5 Å². The number of rotatable bonds is 18. The van der Waals surface area contributed by atoms with Crippen molar-refractivity contribution < 1.29 is 53.8 Å². The molecule has 1 fully saturated rings. The summed E-state index contributed by atoms with van der Waals surface area (Å²) in [5.74, 6) is -1.94. The minimum absolute atomic E-state index is 0.0190. The molecule has 1 aliphatic heterocycles. The molecule has 1 aromatic carbocycles. The number of aliphatic carboxylic acids is 1. The molecule has 2 amide bonds. The van der Waals surface area contributed by atoms with Gasteiger partial charge in [0.05, 0.1) is 11.8 Å². The van der Waals surface area contributed by atoms with Crippen molar-refractivity contribution in [3.05, 3.63) is 35.7 Å². The summed E-state index contributed by atoms with van der Waals surface area (Å²) in [4.78, 5) is 46.5. The molecule has 47 heavy (non-hydrogen) atoms. The second kappa shape index (κ2) is 32.7. The highest BCUT2D eigenvalue weighted by Gasteiger charge is 2.41. The van der Waals surface area contributed by atoms with E-state index in [2.05, 4.69) is 21.9 Å². The molecule has 15 heteroatoms. The van der Waals surface area contributed by atoms with E-state index in [0.29, 0.717) is 12.0 Å². The van der Waals surface area contributed by atoms with Crippen LogP contribution in [0.2, 0.25) is 0 Å². The van der Waals surface area contributed by atoms with E-state index in [9.17, 15) is 34.5 Å². The Morgan fingerprint density at radius 2 is 1.66 bits per heavy atom. The number of anilines is 1. The van der Waals surface area contributed by atoms with Crippen molar-refractivity contribution >= 4 is 41.9 Å². The largest absolute Gasteiger partial charge is 0.479 e. The van der Waals surface area contributed by atoms with Crippen molar-refractivity contribution in [1.82, 2.24) is 10.0 Å². The number of nitrogens with one attached hydrogen (secondary N) is 3. The lowest BCUT2D eigenvalue weighted by Crippen LogP contribution is -2.52. The number of carboxylic acid groups (broad SMARTS) is 1. The molecule has 0 saturated carbocycles. The van der Waals surface area contributed by atoms with Gasteiger partial charge in [-0.3, -0.25) is 19.1 Å². The monoisotopic (exact) mass is 691 g/mol. The summed E-state index contributed by atoms with van der Waals surface area (Å²) in [6.45, 7) is 16.7. The highest BCUT2D eigenvalue weighted by atomic mass is 32.2. The van der Waals surface area contributed by atoms with Crippen LogP contribution in [0.15, 0.2) is 30.2 Å². The molecule has 1 aliphatic rings. The zero-order chi connectivity index (χ0) is 36.6. The van der Waals surface area contributed by atoms with Gasteiger partial charge in [0.2, 0.25) is 18.1 Å². The lowest BCUT2D eigenvalue weighted by atomic mass is 10.0. The molecule has 272 valence electrons. The maximum Gasteiger partial charge on any atom is 0.333 e. The average molecular weight is 692 g/mol. The number of hydrogen-bond acceptors (Lipinski definition) is 12. The van der Waals surface area contributed by atoms with Crippen molar-refractivity contribution in [2.75, 3.05) is 25.5 Å². The third kappa shape index (κ3) is 22.1. The van der Waals surface area contributed by atoms with E-state index in [4.69, 9.17) is 19.3 Å². The van der Waals surface area contributed by atoms with Gasteiger partial charge in [-0.15, -0.1) is 0 Å². The molecule has 0 aliphatic carbocycles. The first kappa shape index (κ1) is 48.2. The maximum absolute atomic E-state index is 12.6. The summed E-state index contributed by atoms with van der Waals surface area (Å²) in [5, 5.41) is 43.5. The van der Waals surface area contributed by atoms with E-state index in [1.165, 1.54) is 30.1 Å². The molecule has 1 aromatic rings. The van der Waals surface area contributed by atoms with Crippen LogP contribution in [-0.2, 0) is 35.3 Å². The first-order chi connectivity index (χ1) is 22.7. The van der Waals surface area contributed by atoms with Gasteiger partial charge in [-0.05, 0) is 35.9 Å². The number of aliphatic hydroxyl groups is 3. The van der Waals surface area contributed by atoms with Crippen LogP contribution in [0.1, 0.15) is 85.6 Å². The molecule has 1 saturated heterocycles. The summed E-state index contributed by atoms with van der Waals surface area (Å²) in [5.41, 5.74) is 0.634. The fourth-order valence-electron chi connectivity index (χ4n) is 3.61. The summed E-state index contributed by atoms with van der Waals surface area (Å²) in [7, 11) is 1.00. The number of carbonyl (C=O) groups is 4. The molecule has 2 rings (SSSR count). The maximum atomic E-state index is 12.6. The van der Waals surface area contributed by atoms with Crippen LogP contribution in [0.25, 0.3) is 0 Å². The van der Waals surface area contributed by atoms with Gasteiger partial charge >= 0.3 is 5.97 Å². The molecule has 0 aromatic heterocycles. The lowest BCUT2D eigenvalue weighted by molar-refractivity contribution is -0.238. The number of aliphatic hydroxyl groups excluding tert-OH is 3. The fraction of sp³-hybridized carbons (Fsp3) is 0.625. The van der Waals surface area contributed by atoms with Crippen molar-refractivity contribution in [1.29, 1.82) is 0 Å². The van der Waals surface area contributed by atoms with Crippen LogP contribution >= 0.6 is 11.9 Å². The minimum atomic E-state index is -1.54. The molecule has 4 atom stereocenters. The van der Waals surface area contributed by atoms with Gasteiger partial charge in [0.1, 0.15) is 18.5 Å². The van der Waals surface area contributed by atoms with Gasteiger partial charge in [0.25, 0.3) is 6.47 Å². The molecule has 3 unspecified atom stereocenters. The van der Waals surface area contributed by atoms with Gasteiger partial charge < -0.3 is 45.3 Å². The standard InChI is InChI=1S/C25H35N3O10S.3C2H6.CH4O/c1-2-39-27-10-5-3-4-6-21(31)26-11-9-22(32)28-17-12-16(14-36-15-29)7-8-19(17)37-25-23(33)18(30)13-20(38-25)24(34)35;4*1-2/h2,7-8,12,15,18,20,23,25,27,30,33H,1,3-6,9-11,13-14H2,(H,26,31)(H,28,32)(H,34,35);3*1-2H3;2H,1H3/t18?,20?,23-,25?;;;;/m1..../s1. The smallest absolute Gasteiger partial charge is 0.333 e. The molecular formula is C32H57N3O11S. The third-order valence-electron chi connectivity index (χ3n) is 5.61. The molecule has 7 N–H and O–H groups in total. The van der Waals surface area contributed by atoms with Crippen LogP contribution < -0.4 is 20.1 Å². The number of amides is 2. The SMILES string of the molecule is C=CSNCCCCCC(=O)NCCC(=O)Nc1cc(COC=O)ccc1OC1OC(C(=O)O)CC(O)[C@H]1O.CC.CC.CC.CO. The molecule has 0 radical (unpaired) electrons. The van der Waals surface area contributed by atoms with Crippen LogP contribution in [0.4, 0.5) is 5.69 Å². The summed E-state index contributed by atoms with van der Waals surface area (Å²) >= 11 is 1.42. The first-order valence-corrected chi connectivity index (χ1v) is 16.7. The van der Waals surface area contributed by atoms with E-state index < -0.39 is 36.5 Å². The number of carbonyl (C=O) groups excluding carboxylic acids is 3. The Hall–Kier alpha value is -3.21. The summed E-state index contributed by atoms with van der Waals surface area (Å²) < 4.78 is 18.8. The number of unbranched alkanes of at least 4 members (excludes halogenated alkanes) is 2. The number of benzene rings is 1. The predicted octanol–water partition coefficient (Wildman–Crippen LogP) is 3.73. The van der Waals surface area contributed by atoms with E-state index >= 15 is 0 Å². The van der Waals surface area contributed by atoms with Crippen LogP contribution in [0, 0.1) is 0 Å². The van der Waals surface area contributed by atoms with Crippen molar-refractivity contribution in [2.24, 2.45) is 0 Å². The fourth-order valence-corrected chi connectivity index (χ4v) is 3.99. The van der Waals surface area contributed by atoms with E-state index in [1.54, 1.807) is 5.41 Å². The quantitative estimate of drug-likeness (QED) is 0.0665. The van der Waals surface area contributed by atoms with Crippen LogP contribution in [0.3, 0.4) is 0 Å². The van der Waals surface area contributed by atoms with Crippen molar-refractivity contribution in [2.45, 2.75) is 111 Å². The zero-order valence-electron chi connectivity index (χ0n) is 28.8. The van der Waals surface area contributed by atoms with Gasteiger partial charge in [-0.25, -0.2) is 4.79 Å². The average Bonchev–Trinajstić information content (AvgIpc) is 3.09. The minimum Gasteiger partial charge on any atom is -0.479 e. The third-order valence-corrected chi connectivity index (χ3v) is 6.14. The van der Waals surface area contributed by atoms with Crippen molar-refractivity contribution in [3.63, 3.8) is 0 Å². The summed E-state index contributed by atoms with van der Waals surface area (Å²) in [6.07, 6.45) is -3.36. The predicted molar refractivity (Wildman–Crippen MR) is 184 cm³/mol. The van der Waals surface area contributed by atoms with E-state index in [0.717, 1.165) is 32.9 Å². The topological polar surface area (TPSA) is 213 Å². The molecular weight excluding hydrogens is 634 g/mol. The molecule has 14 nitrogen and oxygen atoms in total. The second-order valence-corrected chi connectivity index (χ2v) is 9.48. The zero-order valence-corrected chi connectivity index (χ0v) is 29.6. The molecule has 0 spiro atoms.